The molecule has 1 unspecified atom stereocenters. The Morgan fingerprint density at radius 3 is 2.59 bits per heavy atom. The standard InChI is InChI=1S/C15H28N4O2.HI/c1-12(2)9-16-14(17-10-13(20)19(4)5)18-11-15(3)7-6-8-21-15;/h1,6-11H2,2-5H3,(H2,16,17,18);1H. The van der Waals surface area contributed by atoms with E-state index in [1.165, 1.54) is 4.90 Å². The van der Waals surface area contributed by atoms with Crippen molar-refractivity contribution in [2.75, 3.05) is 40.3 Å². The maximum atomic E-state index is 11.6. The number of nitrogens with zero attached hydrogens (tertiary/aromatic N) is 2. The molecule has 0 saturated carbocycles. The van der Waals surface area contributed by atoms with E-state index in [0.717, 1.165) is 25.0 Å². The number of hydrogen-bond donors (Lipinski definition) is 2. The Hall–Kier alpha value is -0.830. The fraction of sp³-hybridized carbons (Fsp3) is 0.733. The van der Waals surface area contributed by atoms with Gasteiger partial charge in [0, 0.05) is 33.8 Å². The fourth-order valence-corrected chi connectivity index (χ4v) is 1.94. The van der Waals surface area contributed by atoms with E-state index in [4.69, 9.17) is 4.74 Å². The molecule has 0 radical (unpaired) electrons. The Morgan fingerprint density at radius 2 is 2.09 bits per heavy atom. The number of likely N-dealkylation sites (N-methyl/N-ethyl adjacent to an activating group) is 1. The third-order valence-corrected chi connectivity index (χ3v) is 3.36. The van der Waals surface area contributed by atoms with Gasteiger partial charge in [-0.05, 0) is 26.7 Å². The molecule has 0 aromatic carbocycles. The third-order valence-electron chi connectivity index (χ3n) is 3.36. The van der Waals surface area contributed by atoms with Crippen LogP contribution in [0.4, 0.5) is 0 Å². The van der Waals surface area contributed by atoms with E-state index in [0.29, 0.717) is 19.0 Å². The van der Waals surface area contributed by atoms with Crippen LogP contribution in [0.25, 0.3) is 0 Å². The summed E-state index contributed by atoms with van der Waals surface area (Å²) in [5.41, 5.74) is 0.851. The topological polar surface area (TPSA) is 66.0 Å². The summed E-state index contributed by atoms with van der Waals surface area (Å²) in [6, 6.07) is 0. The molecule has 1 fully saturated rings. The highest BCUT2D eigenvalue weighted by atomic mass is 127. The van der Waals surface area contributed by atoms with Gasteiger partial charge in [0.1, 0.15) is 6.54 Å². The van der Waals surface area contributed by atoms with Crippen LogP contribution < -0.4 is 10.6 Å². The first-order valence-electron chi connectivity index (χ1n) is 7.33. The van der Waals surface area contributed by atoms with E-state index in [1.54, 1.807) is 14.1 Å². The minimum absolute atomic E-state index is 0. The molecule has 6 nitrogen and oxygen atoms in total. The van der Waals surface area contributed by atoms with Crippen LogP contribution in [0, 0.1) is 0 Å². The average molecular weight is 424 g/mol. The minimum atomic E-state index is -0.156. The molecule has 1 amide bonds. The van der Waals surface area contributed by atoms with Crippen molar-refractivity contribution in [3.63, 3.8) is 0 Å². The molecule has 0 aromatic rings. The molecule has 2 N–H and O–H groups in total. The summed E-state index contributed by atoms with van der Waals surface area (Å²) in [7, 11) is 3.44. The summed E-state index contributed by atoms with van der Waals surface area (Å²) >= 11 is 0. The summed E-state index contributed by atoms with van der Waals surface area (Å²) in [4.78, 5) is 17.5. The summed E-state index contributed by atoms with van der Waals surface area (Å²) in [5, 5.41) is 6.42. The Kier molecular flexibility index (Phi) is 9.66. The van der Waals surface area contributed by atoms with Crippen LogP contribution in [0.1, 0.15) is 26.7 Å². The summed E-state index contributed by atoms with van der Waals surface area (Å²) in [5.74, 6) is 0.583. The molecule has 7 heteroatoms. The van der Waals surface area contributed by atoms with E-state index < -0.39 is 0 Å². The van der Waals surface area contributed by atoms with Crippen molar-refractivity contribution in [2.45, 2.75) is 32.3 Å². The number of carbonyl (C=O) groups is 1. The minimum Gasteiger partial charge on any atom is -0.373 e. The van der Waals surface area contributed by atoms with Gasteiger partial charge in [0.05, 0.1) is 5.60 Å². The largest absolute Gasteiger partial charge is 0.373 e. The van der Waals surface area contributed by atoms with Gasteiger partial charge in [0.2, 0.25) is 5.91 Å². The highest BCUT2D eigenvalue weighted by Crippen LogP contribution is 2.23. The molecule has 1 aliphatic rings. The smallest absolute Gasteiger partial charge is 0.243 e. The Morgan fingerprint density at radius 1 is 1.41 bits per heavy atom. The van der Waals surface area contributed by atoms with Crippen LogP contribution in [0.15, 0.2) is 17.1 Å². The number of rotatable bonds is 6. The first kappa shape index (κ1) is 21.2. The first-order chi connectivity index (χ1) is 9.82. The van der Waals surface area contributed by atoms with Gasteiger partial charge in [-0.2, -0.15) is 0 Å². The van der Waals surface area contributed by atoms with Crippen molar-refractivity contribution in [2.24, 2.45) is 4.99 Å². The molecule has 1 aliphatic heterocycles. The second-order valence-corrected chi connectivity index (χ2v) is 6.02. The number of ether oxygens (including phenoxy) is 1. The van der Waals surface area contributed by atoms with Crippen molar-refractivity contribution >= 4 is 35.8 Å². The fourth-order valence-electron chi connectivity index (χ4n) is 1.94. The van der Waals surface area contributed by atoms with E-state index in [9.17, 15) is 4.79 Å². The van der Waals surface area contributed by atoms with E-state index in [1.807, 2.05) is 6.92 Å². The number of amides is 1. The molecular weight excluding hydrogens is 395 g/mol. The zero-order valence-corrected chi connectivity index (χ0v) is 16.4. The number of nitrogens with one attached hydrogen (secondary N) is 2. The molecule has 0 bridgehead atoms. The zero-order valence-electron chi connectivity index (χ0n) is 14.1. The lowest BCUT2D eigenvalue weighted by Gasteiger charge is -2.25. The van der Waals surface area contributed by atoms with Crippen LogP contribution in [0.3, 0.4) is 0 Å². The predicted molar refractivity (Wildman–Crippen MR) is 101 cm³/mol. The van der Waals surface area contributed by atoms with Crippen LogP contribution in [-0.2, 0) is 9.53 Å². The molecule has 1 heterocycles. The van der Waals surface area contributed by atoms with Crippen molar-refractivity contribution in [3.8, 4) is 0 Å². The normalized spacial score (nSPS) is 21.0. The van der Waals surface area contributed by atoms with Gasteiger partial charge in [-0.1, -0.05) is 12.2 Å². The van der Waals surface area contributed by atoms with Crippen LogP contribution in [-0.4, -0.2) is 62.7 Å². The Bertz CT molecular complexity index is 404. The molecule has 1 rings (SSSR count). The quantitative estimate of drug-likeness (QED) is 0.293. The van der Waals surface area contributed by atoms with Crippen molar-refractivity contribution in [3.05, 3.63) is 12.2 Å². The number of aliphatic imine (C=N–C) groups is 1. The Labute approximate surface area is 150 Å². The zero-order chi connectivity index (χ0) is 15.9. The highest BCUT2D eigenvalue weighted by Gasteiger charge is 2.29. The molecule has 128 valence electrons. The van der Waals surface area contributed by atoms with Crippen LogP contribution in [0.5, 0.6) is 0 Å². The van der Waals surface area contributed by atoms with Crippen molar-refractivity contribution in [1.29, 1.82) is 0 Å². The van der Waals surface area contributed by atoms with Gasteiger partial charge in [-0.3, -0.25) is 4.79 Å². The summed E-state index contributed by atoms with van der Waals surface area (Å²) in [6.07, 6.45) is 2.12. The molecule has 22 heavy (non-hydrogen) atoms. The second kappa shape index (κ2) is 10.0. The molecule has 0 aliphatic carbocycles. The van der Waals surface area contributed by atoms with Gasteiger partial charge in [0.25, 0.3) is 0 Å². The van der Waals surface area contributed by atoms with Gasteiger partial charge in [-0.15, -0.1) is 24.0 Å². The van der Waals surface area contributed by atoms with Crippen molar-refractivity contribution in [1.82, 2.24) is 15.5 Å². The lowest BCUT2D eigenvalue weighted by atomic mass is 10.0. The van der Waals surface area contributed by atoms with Gasteiger partial charge < -0.3 is 20.3 Å². The summed E-state index contributed by atoms with van der Waals surface area (Å²) in [6.45, 7) is 10.1. The van der Waals surface area contributed by atoms with E-state index in [-0.39, 0.29) is 42.0 Å². The lowest BCUT2D eigenvalue weighted by Crippen LogP contribution is -2.46. The van der Waals surface area contributed by atoms with Gasteiger partial charge >= 0.3 is 0 Å². The van der Waals surface area contributed by atoms with Crippen LogP contribution >= 0.6 is 24.0 Å². The lowest BCUT2D eigenvalue weighted by molar-refractivity contribution is -0.127. The number of halogens is 1. The first-order valence-corrected chi connectivity index (χ1v) is 7.33. The average Bonchev–Trinajstić information content (AvgIpc) is 2.84. The maximum absolute atomic E-state index is 11.6. The van der Waals surface area contributed by atoms with E-state index >= 15 is 0 Å². The molecule has 0 spiro atoms. The molecule has 1 saturated heterocycles. The Balaban J connectivity index is 0.00000441. The molecule has 0 aromatic heterocycles. The van der Waals surface area contributed by atoms with E-state index in [2.05, 4.69) is 29.1 Å². The predicted octanol–water partition coefficient (Wildman–Crippen LogP) is 1.37. The highest BCUT2D eigenvalue weighted by molar-refractivity contribution is 14.0. The number of carbonyl (C=O) groups excluding carboxylic acids is 1. The van der Waals surface area contributed by atoms with Gasteiger partial charge in [-0.25, -0.2) is 4.99 Å². The monoisotopic (exact) mass is 424 g/mol. The SMILES string of the molecule is C=C(C)CNC(=NCC(=O)N(C)C)NCC1(C)CCCO1.I. The second-order valence-electron chi connectivity index (χ2n) is 6.02. The van der Waals surface area contributed by atoms with Crippen molar-refractivity contribution < 1.29 is 9.53 Å². The number of guanidine groups is 1. The van der Waals surface area contributed by atoms with Crippen LogP contribution in [0.2, 0.25) is 0 Å². The van der Waals surface area contributed by atoms with Gasteiger partial charge in [0.15, 0.2) is 5.96 Å². The number of hydrogen-bond acceptors (Lipinski definition) is 3. The molecular formula is C15H29IN4O2. The third kappa shape index (κ3) is 7.98. The maximum Gasteiger partial charge on any atom is 0.243 e. The molecule has 1 atom stereocenters. The summed E-state index contributed by atoms with van der Waals surface area (Å²) < 4.78 is 5.74.